The van der Waals surface area contributed by atoms with Gasteiger partial charge in [0.25, 0.3) is 11.5 Å². The lowest BCUT2D eigenvalue weighted by Crippen LogP contribution is -2.33. The van der Waals surface area contributed by atoms with Crippen molar-refractivity contribution >= 4 is 17.2 Å². The van der Waals surface area contributed by atoms with E-state index in [1.165, 1.54) is 22.4 Å². The Morgan fingerprint density at radius 1 is 1.43 bits per heavy atom. The molecule has 3 heterocycles. The average Bonchev–Trinajstić information content (AvgIpc) is 3.24. The third-order valence-electron chi connectivity index (χ3n) is 4.03. The van der Waals surface area contributed by atoms with Crippen molar-refractivity contribution in [2.24, 2.45) is 0 Å². The van der Waals surface area contributed by atoms with Gasteiger partial charge in [0.05, 0.1) is 19.2 Å². The fourth-order valence-electron chi connectivity index (χ4n) is 2.87. The molecule has 6 nitrogen and oxygen atoms in total. The molecule has 0 aromatic carbocycles. The lowest BCUT2D eigenvalue weighted by molar-refractivity contribution is 0.0726. The molecule has 1 aliphatic rings. The standard InChI is InChI=1S/C16H19N3O3S/c1-22-9-8-19-15(20)5-4-13(17-19)16(21)18-7-2-3-14(18)12-6-10-23-11-12/h4-6,10-11,14H,2-3,7-9H2,1H3/t14-/m1/s1. The number of thiophene rings is 1. The molecule has 1 fully saturated rings. The summed E-state index contributed by atoms with van der Waals surface area (Å²) in [7, 11) is 1.57. The van der Waals surface area contributed by atoms with E-state index in [0.29, 0.717) is 18.8 Å². The zero-order valence-electron chi connectivity index (χ0n) is 13.0. The second-order valence-electron chi connectivity index (χ2n) is 5.49. The zero-order valence-corrected chi connectivity index (χ0v) is 13.8. The van der Waals surface area contributed by atoms with Crippen molar-refractivity contribution in [3.05, 3.63) is 50.6 Å². The first-order valence-electron chi connectivity index (χ1n) is 7.61. The lowest BCUT2D eigenvalue weighted by Gasteiger charge is -2.24. The SMILES string of the molecule is COCCn1nc(C(=O)N2CCC[C@@H]2c2ccsc2)ccc1=O. The van der Waals surface area contributed by atoms with Crippen LogP contribution < -0.4 is 5.56 Å². The van der Waals surface area contributed by atoms with Crippen molar-refractivity contribution in [3.63, 3.8) is 0 Å². The van der Waals surface area contributed by atoms with Crippen LogP contribution in [0, 0.1) is 0 Å². The van der Waals surface area contributed by atoms with Gasteiger partial charge in [-0.05, 0) is 41.3 Å². The number of likely N-dealkylation sites (tertiary alicyclic amines) is 1. The van der Waals surface area contributed by atoms with Crippen LogP contribution in [0.3, 0.4) is 0 Å². The first-order chi connectivity index (χ1) is 11.2. The number of carbonyl (C=O) groups excluding carboxylic acids is 1. The minimum Gasteiger partial charge on any atom is -0.383 e. The van der Waals surface area contributed by atoms with Crippen LogP contribution in [0.15, 0.2) is 33.8 Å². The van der Waals surface area contributed by atoms with Gasteiger partial charge in [0, 0.05) is 19.7 Å². The molecule has 2 aromatic rings. The normalized spacial score (nSPS) is 17.6. The molecule has 0 radical (unpaired) electrons. The van der Waals surface area contributed by atoms with Crippen molar-refractivity contribution in [1.82, 2.24) is 14.7 Å². The van der Waals surface area contributed by atoms with Crippen molar-refractivity contribution < 1.29 is 9.53 Å². The minimum absolute atomic E-state index is 0.106. The van der Waals surface area contributed by atoms with E-state index in [2.05, 4.69) is 16.5 Å². The minimum atomic E-state index is -0.227. The molecule has 3 rings (SSSR count). The van der Waals surface area contributed by atoms with Crippen LogP contribution in [0.2, 0.25) is 0 Å². The highest BCUT2D eigenvalue weighted by Crippen LogP contribution is 2.33. The Labute approximate surface area is 138 Å². The van der Waals surface area contributed by atoms with E-state index in [0.717, 1.165) is 19.4 Å². The van der Waals surface area contributed by atoms with Gasteiger partial charge in [-0.25, -0.2) is 4.68 Å². The van der Waals surface area contributed by atoms with E-state index in [-0.39, 0.29) is 17.5 Å². The van der Waals surface area contributed by atoms with E-state index >= 15 is 0 Å². The van der Waals surface area contributed by atoms with Crippen LogP contribution in [0.1, 0.15) is 34.9 Å². The van der Waals surface area contributed by atoms with Crippen LogP contribution in [-0.4, -0.2) is 40.8 Å². The maximum Gasteiger partial charge on any atom is 0.274 e. The maximum atomic E-state index is 12.8. The highest BCUT2D eigenvalue weighted by atomic mass is 32.1. The van der Waals surface area contributed by atoms with Crippen LogP contribution >= 0.6 is 11.3 Å². The second-order valence-corrected chi connectivity index (χ2v) is 6.27. The highest BCUT2D eigenvalue weighted by Gasteiger charge is 2.31. The molecule has 7 heteroatoms. The maximum absolute atomic E-state index is 12.8. The molecule has 2 aromatic heterocycles. The summed E-state index contributed by atoms with van der Waals surface area (Å²) >= 11 is 1.64. The van der Waals surface area contributed by atoms with Gasteiger partial charge in [-0.1, -0.05) is 0 Å². The molecule has 1 saturated heterocycles. The van der Waals surface area contributed by atoms with Crippen LogP contribution in [0.25, 0.3) is 0 Å². The number of aromatic nitrogens is 2. The first-order valence-corrected chi connectivity index (χ1v) is 8.55. The number of rotatable bonds is 5. The molecule has 0 aliphatic carbocycles. The number of hydrogen-bond acceptors (Lipinski definition) is 5. The molecule has 23 heavy (non-hydrogen) atoms. The Hall–Kier alpha value is -1.99. The number of hydrogen-bond donors (Lipinski definition) is 0. The molecule has 1 atom stereocenters. The summed E-state index contributed by atoms with van der Waals surface area (Å²) in [5.41, 5.74) is 1.26. The Morgan fingerprint density at radius 2 is 2.30 bits per heavy atom. The van der Waals surface area contributed by atoms with Crippen molar-refractivity contribution in [1.29, 1.82) is 0 Å². The van der Waals surface area contributed by atoms with E-state index in [4.69, 9.17) is 4.74 Å². The molecule has 0 spiro atoms. The first kappa shape index (κ1) is 15.9. The lowest BCUT2D eigenvalue weighted by atomic mass is 10.1. The van der Waals surface area contributed by atoms with Crippen LogP contribution in [0.4, 0.5) is 0 Å². The smallest absolute Gasteiger partial charge is 0.274 e. The average molecular weight is 333 g/mol. The summed E-state index contributed by atoms with van der Waals surface area (Å²) in [6, 6.07) is 5.08. The topological polar surface area (TPSA) is 64.4 Å². The van der Waals surface area contributed by atoms with Crippen molar-refractivity contribution in [2.75, 3.05) is 20.3 Å². The summed E-state index contributed by atoms with van der Waals surface area (Å²) in [6.45, 7) is 1.44. The Kier molecular flexibility index (Phi) is 4.88. The second kappa shape index (κ2) is 7.06. The zero-order chi connectivity index (χ0) is 16.2. The molecule has 1 amide bonds. The Morgan fingerprint density at radius 3 is 3.04 bits per heavy atom. The van der Waals surface area contributed by atoms with Gasteiger partial charge >= 0.3 is 0 Å². The van der Waals surface area contributed by atoms with Gasteiger partial charge in [0.2, 0.25) is 0 Å². The molecule has 0 N–H and O–H groups in total. The number of carbonyl (C=O) groups is 1. The van der Waals surface area contributed by atoms with Gasteiger partial charge in [-0.15, -0.1) is 0 Å². The summed E-state index contributed by atoms with van der Waals surface area (Å²) in [4.78, 5) is 26.5. The van der Waals surface area contributed by atoms with Gasteiger partial charge in [0.1, 0.15) is 5.69 Å². The third kappa shape index (κ3) is 3.35. The molecule has 0 unspecified atom stereocenters. The molecule has 0 bridgehead atoms. The van der Waals surface area contributed by atoms with E-state index in [1.54, 1.807) is 18.4 Å². The van der Waals surface area contributed by atoms with Gasteiger partial charge < -0.3 is 9.64 Å². The van der Waals surface area contributed by atoms with Gasteiger partial charge in [-0.3, -0.25) is 9.59 Å². The molecule has 122 valence electrons. The fraction of sp³-hybridized carbons (Fsp3) is 0.438. The summed E-state index contributed by atoms with van der Waals surface area (Å²) < 4.78 is 6.26. The molecular weight excluding hydrogens is 314 g/mol. The van der Waals surface area contributed by atoms with E-state index < -0.39 is 0 Å². The largest absolute Gasteiger partial charge is 0.383 e. The van der Waals surface area contributed by atoms with Gasteiger partial charge in [0.15, 0.2) is 0 Å². The number of nitrogens with zero attached hydrogens (tertiary/aromatic N) is 3. The van der Waals surface area contributed by atoms with Crippen molar-refractivity contribution in [3.8, 4) is 0 Å². The Balaban J connectivity index is 1.83. The van der Waals surface area contributed by atoms with Crippen LogP contribution in [-0.2, 0) is 11.3 Å². The quantitative estimate of drug-likeness (QED) is 0.839. The number of ether oxygens (including phenoxy) is 1. The summed E-state index contributed by atoms with van der Waals surface area (Å²) in [5, 5.41) is 8.32. The predicted octanol–water partition coefficient (Wildman–Crippen LogP) is 1.93. The fourth-order valence-corrected chi connectivity index (χ4v) is 3.58. The van der Waals surface area contributed by atoms with Crippen LogP contribution in [0.5, 0.6) is 0 Å². The molecule has 1 aliphatic heterocycles. The van der Waals surface area contributed by atoms with E-state index in [9.17, 15) is 9.59 Å². The third-order valence-corrected chi connectivity index (χ3v) is 4.74. The van der Waals surface area contributed by atoms with E-state index in [1.807, 2.05) is 10.3 Å². The Bertz CT molecular complexity index is 726. The number of amides is 1. The summed E-state index contributed by atoms with van der Waals surface area (Å²) in [6.07, 6.45) is 1.95. The summed E-state index contributed by atoms with van der Waals surface area (Å²) in [5.74, 6) is -0.120. The van der Waals surface area contributed by atoms with Gasteiger partial charge in [-0.2, -0.15) is 16.4 Å². The monoisotopic (exact) mass is 333 g/mol. The molecule has 0 saturated carbocycles. The van der Waals surface area contributed by atoms with Crippen molar-refractivity contribution in [2.45, 2.75) is 25.4 Å². The highest BCUT2D eigenvalue weighted by molar-refractivity contribution is 7.07. The predicted molar refractivity (Wildman–Crippen MR) is 87.7 cm³/mol. The molecular formula is C16H19N3O3S. The number of methoxy groups -OCH3 is 1.